The second kappa shape index (κ2) is 4.03. The maximum absolute atomic E-state index is 4.12. The molecule has 0 fully saturated rings. The molecule has 4 heteroatoms. The molecule has 0 unspecified atom stereocenters. The second-order valence-electron chi connectivity index (χ2n) is 2.14. The van der Waals surface area contributed by atoms with Gasteiger partial charge in [-0.3, -0.25) is 0 Å². The first-order valence-corrected chi connectivity index (χ1v) is 3.38. The van der Waals surface area contributed by atoms with Gasteiger partial charge >= 0.3 is 0 Å². The van der Waals surface area contributed by atoms with Gasteiger partial charge in [0.25, 0.3) is 0 Å². The average molecular weight is 204 g/mol. The van der Waals surface area contributed by atoms with Crippen LogP contribution in [0.1, 0.15) is 0 Å². The molecule has 0 amide bonds. The molecule has 0 aromatic carbocycles. The van der Waals surface area contributed by atoms with Crippen LogP contribution in [0, 0.1) is 0 Å². The van der Waals surface area contributed by atoms with Crippen LogP contribution in [0.2, 0.25) is 0 Å². The molecule has 2 heterocycles. The summed E-state index contributed by atoms with van der Waals surface area (Å²) in [6, 6.07) is 7.60. The van der Waals surface area contributed by atoms with Crippen molar-refractivity contribution in [3.05, 3.63) is 42.9 Å². The Labute approximate surface area is 80.6 Å². The van der Waals surface area contributed by atoms with E-state index in [2.05, 4.69) is 10.1 Å². The topological polar surface area (TPSA) is 30.7 Å². The number of hydrogen-bond donors (Lipinski definition) is 0. The van der Waals surface area contributed by atoms with Crippen molar-refractivity contribution in [3.63, 3.8) is 0 Å². The Morgan fingerprint density at radius 2 is 2.00 bits per heavy atom. The molecule has 1 radical (unpaired) electrons. The Bertz CT molecular complexity index is 317. The van der Waals surface area contributed by atoms with Crippen molar-refractivity contribution in [3.8, 4) is 5.82 Å². The number of nitrogens with zero attached hydrogens (tertiary/aromatic N) is 3. The molecule has 0 spiro atoms. The van der Waals surface area contributed by atoms with Crippen molar-refractivity contribution in [1.82, 2.24) is 14.8 Å². The number of pyridine rings is 1. The molecular weight excluding hydrogens is 197 g/mol. The molecule has 63 valence electrons. The molecule has 0 saturated carbocycles. The van der Waals surface area contributed by atoms with Crippen LogP contribution in [0.25, 0.3) is 5.82 Å². The molecule has 2 aromatic heterocycles. The largest absolute Gasteiger partial charge is 0.237 e. The van der Waals surface area contributed by atoms with Crippen LogP contribution in [0.15, 0.2) is 42.9 Å². The molecule has 2 aromatic rings. The van der Waals surface area contributed by atoms with Crippen LogP contribution in [0.5, 0.6) is 0 Å². The Balaban J connectivity index is 0.000000720. The van der Waals surface area contributed by atoms with E-state index in [1.54, 1.807) is 17.1 Å². The van der Waals surface area contributed by atoms with Gasteiger partial charge in [-0.1, -0.05) is 6.07 Å². The summed E-state index contributed by atoms with van der Waals surface area (Å²) in [4.78, 5) is 4.12. The van der Waals surface area contributed by atoms with E-state index >= 15 is 0 Å². The summed E-state index contributed by atoms with van der Waals surface area (Å²) in [6.07, 6.45) is 5.34. The first kappa shape index (κ1) is 8.96. The van der Waals surface area contributed by atoms with Gasteiger partial charge < -0.3 is 0 Å². The molecule has 0 bridgehead atoms. The fourth-order valence-electron chi connectivity index (χ4n) is 0.894. The molecule has 3 nitrogen and oxygen atoms in total. The van der Waals surface area contributed by atoms with Gasteiger partial charge in [-0.15, -0.1) is 0 Å². The minimum atomic E-state index is 0. The zero-order valence-corrected chi connectivity index (χ0v) is 7.26. The first-order valence-electron chi connectivity index (χ1n) is 3.38. The predicted molar refractivity (Wildman–Crippen MR) is 41.4 cm³/mol. The maximum Gasteiger partial charge on any atom is 0.153 e. The normalized spacial score (nSPS) is 9.00. The van der Waals surface area contributed by atoms with Crippen molar-refractivity contribution < 1.29 is 16.8 Å². The van der Waals surface area contributed by atoms with Crippen molar-refractivity contribution in [2.75, 3.05) is 0 Å². The van der Waals surface area contributed by atoms with Gasteiger partial charge in [-0.25, -0.2) is 9.67 Å². The Kier molecular flexibility index (Phi) is 3.01. The van der Waals surface area contributed by atoms with Gasteiger partial charge in [-0.2, -0.15) is 5.10 Å². The monoisotopic (exact) mass is 204 g/mol. The molecule has 0 N–H and O–H groups in total. The molecule has 0 aliphatic rings. The van der Waals surface area contributed by atoms with Crippen LogP contribution < -0.4 is 0 Å². The van der Waals surface area contributed by atoms with Gasteiger partial charge in [0.2, 0.25) is 0 Å². The van der Waals surface area contributed by atoms with Gasteiger partial charge in [-0.05, 0) is 18.2 Å². The average Bonchev–Trinajstić information content (AvgIpc) is 2.58. The van der Waals surface area contributed by atoms with Crippen LogP contribution >= 0.6 is 0 Å². The van der Waals surface area contributed by atoms with E-state index in [0.29, 0.717) is 0 Å². The zero-order valence-electron chi connectivity index (χ0n) is 6.22. The third-order valence-electron chi connectivity index (χ3n) is 1.39. The summed E-state index contributed by atoms with van der Waals surface area (Å²) >= 11 is 0. The van der Waals surface area contributed by atoms with Crippen LogP contribution in [-0.4, -0.2) is 14.8 Å². The minimum Gasteiger partial charge on any atom is -0.237 e. The van der Waals surface area contributed by atoms with Gasteiger partial charge in [0.05, 0.1) is 0 Å². The molecule has 0 saturated heterocycles. The van der Waals surface area contributed by atoms with Gasteiger partial charge in [0.1, 0.15) is 0 Å². The number of aromatic nitrogens is 3. The van der Waals surface area contributed by atoms with Gasteiger partial charge in [0, 0.05) is 35.4 Å². The third-order valence-corrected chi connectivity index (χ3v) is 1.39. The quantitative estimate of drug-likeness (QED) is 0.700. The van der Waals surface area contributed by atoms with E-state index in [-0.39, 0.29) is 16.8 Å². The molecular formula is C8H7CoN3. The molecule has 0 atom stereocenters. The summed E-state index contributed by atoms with van der Waals surface area (Å²) in [7, 11) is 0. The Hall–Kier alpha value is -1.13. The first-order chi connectivity index (χ1) is 5.47. The fraction of sp³-hybridized carbons (Fsp3) is 0. The van der Waals surface area contributed by atoms with Crippen molar-refractivity contribution in [1.29, 1.82) is 0 Å². The summed E-state index contributed by atoms with van der Waals surface area (Å²) in [6.45, 7) is 0. The summed E-state index contributed by atoms with van der Waals surface area (Å²) in [5.74, 6) is 0.845. The van der Waals surface area contributed by atoms with Crippen molar-refractivity contribution in [2.24, 2.45) is 0 Å². The van der Waals surface area contributed by atoms with E-state index in [4.69, 9.17) is 0 Å². The molecule has 12 heavy (non-hydrogen) atoms. The minimum absolute atomic E-state index is 0. The van der Waals surface area contributed by atoms with E-state index in [9.17, 15) is 0 Å². The van der Waals surface area contributed by atoms with Gasteiger partial charge in [0.15, 0.2) is 5.82 Å². The SMILES string of the molecule is [Co].c1ccc(-n2cccn2)nc1. The van der Waals surface area contributed by atoms with E-state index in [0.717, 1.165) is 5.82 Å². The van der Waals surface area contributed by atoms with Crippen molar-refractivity contribution in [2.45, 2.75) is 0 Å². The Morgan fingerprint density at radius 1 is 1.08 bits per heavy atom. The van der Waals surface area contributed by atoms with E-state index in [1.165, 1.54) is 0 Å². The van der Waals surface area contributed by atoms with E-state index < -0.39 is 0 Å². The van der Waals surface area contributed by atoms with Crippen LogP contribution in [0.3, 0.4) is 0 Å². The predicted octanol–water partition coefficient (Wildman–Crippen LogP) is 1.26. The molecule has 0 aliphatic heterocycles. The number of rotatable bonds is 1. The zero-order chi connectivity index (χ0) is 7.52. The summed E-state index contributed by atoms with van der Waals surface area (Å²) in [5.41, 5.74) is 0. The fourth-order valence-corrected chi connectivity index (χ4v) is 0.894. The van der Waals surface area contributed by atoms with Crippen LogP contribution in [-0.2, 0) is 16.8 Å². The smallest absolute Gasteiger partial charge is 0.153 e. The maximum atomic E-state index is 4.12. The third kappa shape index (κ3) is 1.72. The number of hydrogen-bond acceptors (Lipinski definition) is 2. The second-order valence-corrected chi connectivity index (χ2v) is 2.14. The van der Waals surface area contributed by atoms with E-state index in [1.807, 2.05) is 30.5 Å². The standard InChI is InChI=1S/C8H7N3.Co/c1-2-5-9-8(4-1)11-7-3-6-10-11;/h1-7H;. The molecule has 0 aliphatic carbocycles. The summed E-state index contributed by atoms with van der Waals surface area (Å²) in [5, 5.41) is 4.04. The van der Waals surface area contributed by atoms with Crippen LogP contribution in [0.4, 0.5) is 0 Å². The summed E-state index contributed by atoms with van der Waals surface area (Å²) < 4.78 is 1.72. The molecule has 2 rings (SSSR count). The Morgan fingerprint density at radius 3 is 2.58 bits per heavy atom. The van der Waals surface area contributed by atoms with Crippen molar-refractivity contribution >= 4 is 0 Å².